The number of benzene rings is 1. The second kappa shape index (κ2) is 7.09. The largest absolute Gasteiger partial charge is 0.361 e. The smallest absolute Gasteiger partial charge is 0.290 e. The van der Waals surface area contributed by atoms with Gasteiger partial charge < -0.3 is 0 Å². The monoisotopic (exact) mass is 387 g/mol. The number of hydrogen-bond donors (Lipinski definition) is 0. The Morgan fingerprint density at radius 3 is 2.25 bits per heavy atom. The molecule has 0 aromatic heterocycles. The molecule has 0 spiro atoms. The van der Waals surface area contributed by atoms with Crippen molar-refractivity contribution in [2.75, 3.05) is 0 Å². The molecule has 1 aliphatic rings. The summed E-state index contributed by atoms with van der Waals surface area (Å²) in [6.07, 6.45) is 2.92. The summed E-state index contributed by atoms with van der Waals surface area (Å²) in [7, 11) is -4.29. The summed E-state index contributed by atoms with van der Waals surface area (Å²) in [5.41, 5.74) is 1.28. The number of nitrogens with zero attached hydrogens (tertiary/aromatic N) is 1. The fraction of sp³-hybridized carbons (Fsp3) is 0.250. The van der Waals surface area contributed by atoms with E-state index in [1.54, 1.807) is 6.92 Å². The Balaban J connectivity index is 2.39. The molecule has 0 radical (unpaired) electrons. The van der Waals surface area contributed by atoms with E-state index in [-0.39, 0.29) is 32.4 Å². The van der Waals surface area contributed by atoms with Crippen LogP contribution in [0.3, 0.4) is 0 Å². The maximum atomic E-state index is 12.3. The summed E-state index contributed by atoms with van der Waals surface area (Å²) >= 11 is 11.8. The van der Waals surface area contributed by atoms with E-state index in [0.717, 1.165) is 0 Å². The third kappa shape index (κ3) is 3.88. The SMILES string of the molecule is CC1=CC(=O)C(C(C)C)=C/C1=N\OS(=O)(=O)c1c(Cl)cccc1Cl. The Labute approximate surface area is 150 Å². The normalized spacial score (nSPS) is 17.1. The third-order valence-electron chi connectivity index (χ3n) is 3.35. The quantitative estimate of drug-likeness (QED) is 0.573. The van der Waals surface area contributed by atoms with Crippen molar-refractivity contribution in [1.29, 1.82) is 0 Å². The first-order valence-electron chi connectivity index (χ1n) is 7.03. The minimum Gasteiger partial charge on any atom is -0.290 e. The molecule has 1 aliphatic carbocycles. The molecule has 0 saturated carbocycles. The molecule has 5 nitrogen and oxygen atoms in total. The lowest BCUT2D eigenvalue weighted by Gasteiger charge is -2.14. The first kappa shape index (κ1) is 18.7. The zero-order valence-electron chi connectivity index (χ0n) is 13.2. The van der Waals surface area contributed by atoms with Crippen molar-refractivity contribution in [2.45, 2.75) is 25.7 Å². The van der Waals surface area contributed by atoms with Crippen LogP contribution >= 0.6 is 23.2 Å². The summed E-state index contributed by atoms with van der Waals surface area (Å²) in [5.74, 6) is -0.153. The zero-order valence-corrected chi connectivity index (χ0v) is 15.5. The molecular weight excluding hydrogens is 373 g/mol. The lowest BCUT2D eigenvalue weighted by atomic mass is 9.90. The van der Waals surface area contributed by atoms with Crippen molar-refractivity contribution < 1.29 is 17.5 Å². The number of carbonyl (C=O) groups excluding carboxylic acids is 1. The Bertz CT molecular complexity index is 863. The molecule has 0 atom stereocenters. The minimum absolute atomic E-state index is 0.0262. The van der Waals surface area contributed by atoms with Crippen LogP contribution in [0.2, 0.25) is 10.0 Å². The van der Waals surface area contributed by atoms with E-state index in [9.17, 15) is 13.2 Å². The molecule has 0 aliphatic heterocycles. The van der Waals surface area contributed by atoms with Crippen LogP contribution < -0.4 is 0 Å². The summed E-state index contributed by atoms with van der Waals surface area (Å²) in [6.45, 7) is 5.36. The highest BCUT2D eigenvalue weighted by atomic mass is 35.5. The van der Waals surface area contributed by atoms with Crippen molar-refractivity contribution in [1.82, 2.24) is 0 Å². The topological polar surface area (TPSA) is 72.8 Å². The maximum Gasteiger partial charge on any atom is 0.361 e. The van der Waals surface area contributed by atoms with E-state index in [1.807, 2.05) is 13.8 Å². The molecule has 0 heterocycles. The van der Waals surface area contributed by atoms with E-state index in [1.165, 1.54) is 30.4 Å². The number of hydrogen-bond acceptors (Lipinski definition) is 5. The van der Waals surface area contributed by atoms with Crippen LogP contribution in [0.4, 0.5) is 0 Å². The van der Waals surface area contributed by atoms with Crippen LogP contribution in [-0.4, -0.2) is 19.9 Å². The minimum atomic E-state index is -4.29. The van der Waals surface area contributed by atoms with Gasteiger partial charge in [-0.3, -0.25) is 9.08 Å². The first-order chi connectivity index (χ1) is 11.1. The lowest BCUT2D eigenvalue weighted by Crippen LogP contribution is -2.16. The van der Waals surface area contributed by atoms with Gasteiger partial charge in [-0.2, -0.15) is 8.42 Å². The van der Waals surface area contributed by atoms with Gasteiger partial charge >= 0.3 is 10.1 Å². The maximum absolute atomic E-state index is 12.3. The van der Waals surface area contributed by atoms with Crippen molar-refractivity contribution in [3.05, 3.63) is 51.5 Å². The van der Waals surface area contributed by atoms with E-state index in [4.69, 9.17) is 27.5 Å². The number of carbonyl (C=O) groups is 1. The van der Waals surface area contributed by atoms with E-state index in [0.29, 0.717) is 11.1 Å². The molecule has 2 rings (SSSR count). The average Bonchev–Trinajstić information content (AvgIpc) is 2.45. The summed E-state index contributed by atoms with van der Waals surface area (Å²) < 4.78 is 29.3. The van der Waals surface area contributed by atoms with Crippen LogP contribution in [0.15, 0.2) is 51.5 Å². The number of rotatable bonds is 4. The van der Waals surface area contributed by atoms with Gasteiger partial charge in [-0.1, -0.05) is 48.3 Å². The van der Waals surface area contributed by atoms with E-state index >= 15 is 0 Å². The third-order valence-corrected chi connectivity index (χ3v) is 5.42. The first-order valence-corrected chi connectivity index (χ1v) is 9.20. The highest BCUT2D eigenvalue weighted by Crippen LogP contribution is 2.30. The molecule has 1 aromatic rings. The van der Waals surface area contributed by atoms with Crippen LogP contribution in [0.25, 0.3) is 0 Å². The van der Waals surface area contributed by atoms with Gasteiger partial charge in [0.2, 0.25) is 0 Å². The Kier molecular flexibility index (Phi) is 5.52. The second-order valence-electron chi connectivity index (χ2n) is 5.50. The van der Waals surface area contributed by atoms with Crippen LogP contribution in [-0.2, 0) is 19.2 Å². The Morgan fingerprint density at radius 2 is 1.71 bits per heavy atom. The van der Waals surface area contributed by atoms with Crippen LogP contribution in [0.5, 0.6) is 0 Å². The molecule has 8 heteroatoms. The van der Waals surface area contributed by atoms with Crippen molar-refractivity contribution in [2.24, 2.45) is 11.1 Å². The molecule has 128 valence electrons. The van der Waals surface area contributed by atoms with Gasteiger partial charge in [0.05, 0.1) is 10.0 Å². The molecule has 1 aromatic carbocycles. The van der Waals surface area contributed by atoms with Gasteiger partial charge in [-0.05, 0) is 42.7 Å². The van der Waals surface area contributed by atoms with E-state index in [2.05, 4.69) is 5.16 Å². The molecule has 0 unspecified atom stereocenters. The number of allylic oxidation sites excluding steroid dienone is 4. The average molecular weight is 388 g/mol. The summed E-state index contributed by atoms with van der Waals surface area (Å²) in [4.78, 5) is 11.6. The van der Waals surface area contributed by atoms with Gasteiger partial charge in [0.25, 0.3) is 0 Å². The fourth-order valence-corrected chi connectivity index (χ4v) is 3.91. The molecule has 0 saturated heterocycles. The van der Waals surface area contributed by atoms with Crippen LogP contribution in [0.1, 0.15) is 20.8 Å². The standard InChI is InChI=1S/C16H15Cl2NO4S/c1-9(2)11-8-14(10(3)7-15(11)20)19-23-24(21,22)16-12(17)5-4-6-13(16)18/h4-9H,1-3H3/b19-14+. The Hall–Kier alpha value is -1.63. The number of halogens is 2. The van der Waals surface area contributed by atoms with Crippen LogP contribution in [0, 0.1) is 5.92 Å². The van der Waals surface area contributed by atoms with Crippen molar-refractivity contribution in [3.8, 4) is 0 Å². The molecular formula is C16H15Cl2NO4S. The fourth-order valence-electron chi connectivity index (χ4n) is 2.08. The Morgan fingerprint density at radius 1 is 1.12 bits per heavy atom. The van der Waals surface area contributed by atoms with E-state index < -0.39 is 10.1 Å². The predicted molar refractivity (Wildman–Crippen MR) is 93.9 cm³/mol. The summed E-state index contributed by atoms with van der Waals surface area (Å²) in [5, 5.41) is 3.55. The lowest BCUT2D eigenvalue weighted by molar-refractivity contribution is -0.111. The zero-order chi connectivity index (χ0) is 18.1. The van der Waals surface area contributed by atoms with Gasteiger partial charge in [0.15, 0.2) is 5.78 Å². The van der Waals surface area contributed by atoms with Gasteiger partial charge in [0, 0.05) is 5.57 Å². The predicted octanol–water partition coefficient (Wildman–Crippen LogP) is 4.17. The molecule has 0 fully saturated rings. The van der Waals surface area contributed by atoms with Crippen molar-refractivity contribution >= 4 is 44.8 Å². The molecule has 24 heavy (non-hydrogen) atoms. The number of oxime groups is 1. The number of ketones is 1. The molecule has 0 amide bonds. The molecule has 0 bridgehead atoms. The van der Waals surface area contributed by atoms with Gasteiger partial charge in [-0.25, -0.2) is 0 Å². The van der Waals surface area contributed by atoms with Gasteiger partial charge in [-0.15, -0.1) is 0 Å². The molecule has 0 N–H and O–H groups in total. The second-order valence-corrected chi connectivity index (χ2v) is 7.78. The summed E-state index contributed by atoms with van der Waals surface area (Å²) in [6, 6.07) is 4.29. The van der Waals surface area contributed by atoms with Gasteiger partial charge in [0.1, 0.15) is 10.6 Å². The highest BCUT2D eigenvalue weighted by molar-refractivity contribution is 7.87. The highest BCUT2D eigenvalue weighted by Gasteiger charge is 2.25. The van der Waals surface area contributed by atoms with Crippen molar-refractivity contribution in [3.63, 3.8) is 0 Å².